The number of carbonyl (C=O) groups is 2. The molecule has 0 aliphatic heterocycles. The fourth-order valence-electron chi connectivity index (χ4n) is 1.18. The Morgan fingerprint density at radius 1 is 1.37 bits per heavy atom. The van der Waals surface area contributed by atoms with Crippen LogP contribution in [0.1, 0.15) is 10.4 Å². The molecule has 1 aromatic carbocycles. The zero-order valence-corrected chi connectivity index (χ0v) is 12.2. The van der Waals surface area contributed by atoms with Crippen LogP contribution in [0.3, 0.4) is 0 Å². The first-order valence-electron chi connectivity index (χ1n) is 5.01. The lowest BCUT2D eigenvalue weighted by Gasteiger charge is -2.08. The van der Waals surface area contributed by atoms with Crippen molar-refractivity contribution in [3.8, 4) is 0 Å². The van der Waals surface area contributed by atoms with Crippen LogP contribution < -0.4 is 10.0 Å². The number of rotatable bonds is 5. The van der Waals surface area contributed by atoms with E-state index in [0.717, 1.165) is 6.07 Å². The van der Waals surface area contributed by atoms with Gasteiger partial charge in [0.2, 0.25) is 15.9 Å². The number of benzene rings is 1. The molecule has 3 N–H and O–H groups in total. The summed E-state index contributed by atoms with van der Waals surface area (Å²) in [4.78, 5) is 21.6. The zero-order valence-electron chi connectivity index (χ0n) is 9.81. The summed E-state index contributed by atoms with van der Waals surface area (Å²) in [6.45, 7) is -0.397. The van der Waals surface area contributed by atoms with Crippen molar-refractivity contribution in [3.63, 3.8) is 0 Å². The predicted molar refractivity (Wildman–Crippen MR) is 70.4 cm³/mol. The number of halogens is 1. The average molecular weight is 351 g/mol. The van der Waals surface area contributed by atoms with Crippen LogP contribution in [0.15, 0.2) is 27.6 Å². The van der Waals surface area contributed by atoms with E-state index in [-0.39, 0.29) is 14.9 Å². The van der Waals surface area contributed by atoms with Crippen LogP contribution in [0.25, 0.3) is 0 Å². The second-order valence-corrected chi connectivity index (χ2v) is 6.04. The van der Waals surface area contributed by atoms with Gasteiger partial charge in [-0.1, -0.05) is 0 Å². The molecule has 0 spiro atoms. The number of likely N-dealkylation sites (N-methyl/N-ethyl adjacent to an activating group) is 1. The highest BCUT2D eigenvalue weighted by Crippen LogP contribution is 2.23. The topological polar surface area (TPSA) is 113 Å². The van der Waals surface area contributed by atoms with E-state index < -0.39 is 28.4 Å². The number of carboxylic acid groups (broad SMARTS) is 1. The van der Waals surface area contributed by atoms with E-state index in [1.807, 2.05) is 0 Å². The molecule has 0 saturated carbocycles. The van der Waals surface area contributed by atoms with Gasteiger partial charge in [-0.3, -0.25) is 4.79 Å². The Hall–Kier alpha value is -1.45. The van der Waals surface area contributed by atoms with Crippen LogP contribution in [0.2, 0.25) is 0 Å². The van der Waals surface area contributed by atoms with Gasteiger partial charge in [-0.2, -0.15) is 0 Å². The van der Waals surface area contributed by atoms with Crippen molar-refractivity contribution >= 4 is 37.8 Å². The second kappa shape index (κ2) is 6.13. The van der Waals surface area contributed by atoms with Gasteiger partial charge in [0, 0.05) is 11.5 Å². The molecule has 0 radical (unpaired) electrons. The molecule has 0 aromatic heterocycles. The predicted octanol–water partition coefficient (Wildman–Crippen LogP) is 0.172. The monoisotopic (exact) mass is 350 g/mol. The van der Waals surface area contributed by atoms with Crippen molar-refractivity contribution in [2.75, 3.05) is 13.6 Å². The molecule has 1 amide bonds. The summed E-state index contributed by atoms with van der Waals surface area (Å²) < 4.78 is 26.0. The van der Waals surface area contributed by atoms with E-state index in [9.17, 15) is 18.0 Å². The molecule has 0 unspecified atom stereocenters. The summed E-state index contributed by atoms with van der Waals surface area (Å²) in [5, 5.41) is 11.0. The third-order valence-corrected chi connectivity index (χ3v) is 4.55. The maximum atomic E-state index is 11.9. The van der Waals surface area contributed by atoms with Crippen LogP contribution in [-0.4, -0.2) is 39.0 Å². The Kier molecular flexibility index (Phi) is 5.04. The van der Waals surface area contributed by atoms with Crippen LogP contribution in [0.5, 0.6) is 0 Å². The first-order chi connectivity index (χ1) is 8.77. The van der Waals surface area contributed by atoms with Crippen LogP contribution >= 0.6 is 15.9 Å². The van der Waals surface area contributed by atoms with Gasteiger partial charge < -0.3 is 10.4 Å². The first kappa shape index (κ1) is 15.6. The number of aromatic carboxylic acids is 1. The van der Waals surface area contributed by atoms with Crippen molar-refractivity contribution in [3.05, 3.63) is 28.2 Å². The number of carboxylic acids is 1. The molecular weight excluding hydrogens is 340 g/mol. The molecule has 0 bridgehead atoms. The summed E-state index contributed by atoms with van der Waals surface area (Å²) in [6.07, 6.45) is 0. The van der Waals surface area contributed by atoms with Crippen molar-refractivity contribution in [2.24, 2.45) is 0 Å². The van der Waals surface area contributed by atoms with Gasteiger partial charge >= 0.3 is 5.97 Å². The third-order valence-electron chi connectivity index (χ3n) is 2.17. The lowest BCUT2D eigenvalue weighted by Crippen LogP contribution is -2.35. The van der Waals surface area contributed by atoms with E-state index in [4.69, 9.17) is 5.11 Å². The number of carbonyl (C=O) groups excluding carboxylic acids is 1. The molecule has 0 heterocycles. The SMILES string of the molecule is CNC(=O)CNS(=O)(=O)c1ccc(C(=O)O)cc1Br. The highest BCUT2D eigenvalue weighted by molar-refractivity contribution is 9.10. The smallest absolute Gasteiger partial charge is 0.335 e. The summed E-state index contributed by atoms with van der Waals surface area (Å²) in [6, 6.07) is 3.50. The first-order valence-corrected chi connectivity index (χ1v) is 7.28. The van der Waals surface area contributed by atoms with Crippen LogP contribution in [-0.2, 0) is 14.8 Å². The average Bonchev–Trinajstić information content (AvgIpc) is 2.35. The van der Waals surface area contributed by atoms with Gasteiger partial charge in [0.15, 0.2) is 0 Å². The normalized spacial score (nSPS) is 11.1. The Morgan fingerprint density at radius 3 is 2.47 bits per heavy atom. The van der Waals surface area contributed by atoms with Gasteiger partial charge in [-0.15, -0.1) is 0 Å². The Balaban J connectivity index is 3.02. The Bertz CT molecular complexity index is 614. The molecule has 1 aromatic rings. The van der Waals surface area contributed by atoms with Crippen molar-refractivity contribution in [1.82, 2.24) is 10.0 Å². The number of amides is 1. The zero-order chi connectivity index (χ0) is 14.6. The van der Waals surface area contributed by atoms with E-state index in [1.165, 1.54) is 19.2 Å². The molecule has 0 saturated heterocycles. The highest BCUT2D eigenvalue weighted by atomic mass is 79.9. The quantitative estimate of drug-likeness (QED) is 0.700. The Labute approximate surface area is 118 Å². The molecule has 9 heteroatoms. The number of sulfonamides is 1. The van der Waals surface area contributed by atoms with Crippen molar-refractivity contribution < 1.29 is 23.1 Å². The molecule has 1 rings (SSSR count). The minimum Gasteiger partial charge on any atom is -0.478 e. The van der Waals surface area contributed by atoms with E-state index >= 15 is 0 Å². The highest BCUT2D eigenvalue weighted by Gasteiger charge is 2.19. The van der Waals surface area contributed by atoms with Crippen LogP contribution in [0.4, 0.5) is 0 Å². The maximum absolute atomic E-state index is 11.9. The van der Waals surface area contributed by atoms with Crippen molar-refractivity contribution in [1.29, 1.82) is 0 Å². The van der Waals surface area contributed by atoms with Gasteiger partial charge in [0.25, 0.3) is 0 Å². The molecule has 0 atom stereocenters. The van der Waals surface area contributed by atoms with Gasteiger partial charge in [-0.05, 0) is 34.1 Å². The number of hydrogen-bond donors (Lipinski definition) is 3. The fraction of sp³-hybridized carbons (Fsp3) is 0.200. The molecule has 19 heavy (non-hydrogen) atoms. The van der Waals surface area contributed by atoms with Gasteiger partial charge in [0.05, 0.1) is 17.0 Å². The summed E-state index contributed by atoms with van der Waals surface area (Å²) >= 11 is 2.99. The van der Waals surface area contributed by atoms with Gasteiger partial charge in [0.1, 0.15) is 0 Å². The number of hydrogen-bond acceptors (Lipinski definition) is 4. The Morgan fingerprint density at radius 2 is 2.00 bits per heavy atom. The fourth-order valence-corrected chi connectivity index (χ4v) is 3.24. The summed E-state index contributed by atoms with van der Waals surface area (Å²) in [5.74, 6) is -1.65. The number of nitrogens with one attached hydrogen (secondary N) is 2. The van der Waals surface area contributed by atoms with Gasteiger partial charge in [-0.25, -0.2) is 17.9 Å². The maximum Gasteiger partial charge on any atom is 0.335 e. The van der Waals surface area contributed by atoms with E-state index in [2.05, 4.69) is 26.0 Å². The molecule has 7 nitrogen and oxygen atoms in total. The standard InChI is InChI=1S/C10H11BrN2O5S/c1-12-9(14)5-13-19(17,18)8-3-2-6(10(15)16)4-7(8)11/h2-4,13H,5H2,1H3,(H,12,14)(H,15,16). The summed E-state index contributed by atoms with van der Waals surface area (Å²) in [5.41, 5.74) is -0.0443. The largest absolute Gasteiger partial charge is 0.478 e. The lowest BCUT2D eigenvalue weighted by molar-refractivity contribution is -0.119. The lowest BCUT2D eigenvalue weighted by atomic mass is 10.2. The molecule has 0 aliphatic carbocycles. The van der Waals surface area contributed by atoms with E-state index in [1.54, 1.807) is 0 Å². The van der Waals surface area contributed by atoms with Crippen molar-refractivity contribution in [2.45, 2.75) is 4.90 Å². The van der Waals surface area contributed by atoms with Crippen LogP contribution in [0, 0.1) is 0 Å². The third kappa shape index (κ3) is 4.01. The molecular formula is C10H11BrN2O5S. The molecule has 104 valence electrons. The molecule has 0 fully saturated rings. The molecule has 0 aliphatic rings. The second-order valence-electron chi connectivity index (χ2n) is 3.45. The minimum absolute atomic E-state index is 0.0443. The minimum atomic E-state index is -3.89. The van der Waals surface area contributed by atoms with E-state index in [0.29, 0.717) is 0 Å². The summed E-state index contributed by atoms with van der Waals surface area (Å²) in [7, 11) is -2.51.